The number of fused-ring (bicyclic) bond motifs is 1. The summed E-state index contributed by atoms with van der Waals surface area (Å²) >= 11 is 0. The number of rotatable bonds is 2. The summed E-state index contributed by atoms with van der Waals surface area (Å²) in [5.74, 6) is 2.60. The summed E-state index contributed by atoms with van der Waals surface area (Å²) in [6.07, 6.45) is 8.48. The van der Waals surface area contributed by atoms with Crippen molar-refractivity contribution in [3.05, 3.63) is 35.4 Å². The zero-order chi connectivity index (χ0) is 10.0. The number of hydrogen-bond donors (Lipinski definition) is 0. The van der Waals surface area contributed by atoms with Crippen molar-refractivity contribution < 1.29 is 4.79 Å². The number of carbonyl (C=O) groups excluding carboxylic acids is 1. The Kier molecular flexibility index (Phi) is 2.13. The second-order valence-corrected chi connectivity index (χ2v) is 3.98. The topological polar surface area (TPSA) is 17.1 Å². The molecule has 1 heteroatoms. The van der Waals surface area contributed by atoms with Gasteiger partial charge in [0.25, 0.3) is 0 Å². The fraction of sp³-hybridized carbons (Fsp3) is 0.308. The molecule has 0 bridgehead atoms. The van der Waals surface area contributed by atoms with Crippen molar-refractivity contribution in [1.82, 2.24) is 0 Å². The normalized spacial score (nSPS) is 17.1. The molecule has 0 atom stereocenters. The number of terminal acetylenes is 1. The summed E-state index contributed by atoms with van der Waals surface area (Å²) in [6, 6.07) is 8.18. The van der Waals surface area contributed by atoms with E-state index in [1.54, 1.807) is 0 Å². The third-order valence-corrected chi connectivity index (χ3v) is 2.91. The van der Waals surface area contributed by atoms with Crippen LogP contribution in [0.1, 0.15) is 17.5 Å². The van der Waals surface area contributed by atoms with E-state index in [1.165, 1.54) is 11.1 Å². The molecule has 0 amide bonds. The van der Waals surface area contributed by atoms with Gasteiger partial charge in [-0.3, -0.25) is 0 Å². The first kappa shape index (κ1) is 9.02. The molecule has 0 aromatic heterocycles. The Morgan fingerprint density at radius 2 is 1.93 bits per heavy atom. The molecular formula is C13H12O. The van der Waals surface area contributed by atoms with Gasteiger partial charge in [0, 0.05) is 11.8 Å². The second-order valence-electron chi connectivity index (χ2n) is 3.98. The predicted octanol–water partition coefficient (Wildman–Crippen LogP) is 1.99. The fourth-order valence-corrected chi connectivity index (χ4v) is 2.18. The van der Waals surface area contributed by atoms with Crippen molar-refractivity contribution >= 4 is 6.29 Å². The number of aldehydes is 1. The Hall–Kier alpha value is -1.55. The van der Waals surface area contributed by atoms with Crippen LogP contribution in [0.4, 0.5) is 0 Å². The molecule has 2 rings (SSSR count). The molecule has 0 fully saturated rings. The van der Waals surface area contributed by atoms with Gasteiger partial charge in [0.1, 0.15) is 6.29 Å². The summed E-state index contributed by atoms with van der Waals surface area (Å²) < 4.78 is 0. The molecule has 1 nitrogen and oxygen atoms in total. The van der Waals surface area contributed by atoms with E-state index in [-0.39, 0.29) is 5.41 Å². The van der Waals surface area contributed by atoms with Crippen LogP contribution in [0.25, 0.3) is 0 Å². The molecule has 0 N–H and O–H groups in total. The fourth-order valence-electron chi connectivity index (χ4n) is 2.18. The van der Waals surface area contributed by atoms with Gasteiger partial charge in [-0.2, -0.15) is 0 Å². The van der Waals surface area contributed by atoms with Crippen molar-refractivity contribution in [3.8, 4) is 12.3 Å². The minimum absolute atomic E-state index is 0.321. The Morgan fingerprint density at radius 3 is 2.36 bits per heavy atom. The smallest absolute Gasteiger partial charge is 0.127 e. The molecule has 1 aliphatic rings. The monoisotopic (exact) mass is 184 g/mol. The van der Waals surface area contributed by atoms with E-state index < -0.39 is 0 Å². The summed E-state index contributed by atoms with van der Waals surface area (Å²) in [5.41, 5.74) is 2.23. The lowest BCUT2D eigenvalue weighted by molar-refractivity contribution is -0.115. The van der Waals surface area contributed by atoms with E-state index in [4.69, 9.17) is 6.42 Å². The molecule has 1 aliphatic carbocycles. The van der Waals surface area contributed by atoms with E-state index in [0.29, 0.717) is 6.42 Å². The average molecular weight is 184 g/mol. The van der Waals surface area contributed by atoms with Gasteiger partial charge in [0.05, 0.1) is 0 Å². The van der Waals surface area contributed by atoms with Gasteiger partial charge in [-0.05, 0) is 24.0 Å². The third-order valence-electron chi connectivity index (χ3n) is 2.91. The molecule has 1 aromatic rings. The van der Waals surface area contributed by atoms with E-state index in [9.17, 15) is 4.79 Å². The Morgan fingerprint density at radius 1 is 1.36 bits per heavy atom. The van der Waals surface area contributed by atoms with E-state index in [2.05, 4.69) is 18.1 Å². The van der Waals surface area contributed by atoms with Crippen LogP contribution in [0, 0.1) is 17.8 Å². The van der Waals surface area contributed by atoms with Crippen molar-refractivity contribution in [1.29, 1.82) is 0 Å². The standard InChI is InChI=1S/C13H12O/c1-2-7-13(10-14)8-11-5-3-4-6-12(11)9-13/h1,3-6,10H,7-9H2. The molecule has 14 heavy (non-hydrogen) atoms. The molecule has 1 aromatic carbocycles. The second kappa shape index (κ2) is 3.31. The maximum absolute atomic E-state index is 11.1. The van der Waals surface area contributed by atoms with E-state index in [0.717, 1.165) is 19.1 Å². The molecule has 70 valence electrons. The van der Waals surface area contributed by atoms with E-state index >= 15 is 0 Å². The third kappa shape index (κ3) is 1.33. The van der Waals surface area contributed by atoms with Gasteiger partial charge in [-0.25, -0.2) is 0 Å². The summed E-state index contributed by atoms with van der Waals surface area (Å²) in [7, 11) is 0. The lowest BCUT2D eigenvalue weighted by Crippen LogP contribution is -2.22. The quantitative estimate of drug-likeness (QED) is 0.507. The van der Waals surface area contributed by atoms with Crippen LogP contribution in [-0.2, 0) is 17.6 Å². The number of hydrogen-bond acceptors (Lipinski definition) is 1. The number of benzene rings is 1. The summed E-state index contributed by atoms with van der Waals surface area (Å²) in [5, 5.41) is 0. The zero-order valence-electron chi connectivity index (χ0n) is 7.99. The summed E-state index contributed by atoms with van der Waals surface area (Å²) in [4.78, 5) is 11.1. The van der Waals surface area contributed by atoms with Crippen LogP contribution in [0.3, 0.4) is 0 Å². The Labute approximate surface area is 84.1 Å². The number of carbonyl (C=O) groups is 1. The molecular weight excluding hydrogens is 172 g/mol. The van der Waals surface area contributed by atoms with Crippen LogP contribution in [0.15, 0.2) is 24.3 Å². The Bertz CT molecular complexity index is 373. The van der Waals surface area contributed by atoms with Gasteiger partial charge >= 0.3 is 0 Å². The van der Waals surface area contributed by atoms with Crippen molar-refractivity contribution in [2.45, 2.75) is 19.3 Å². The van der Waals surface area contributed by atoms with Crippen LogP contribution in [0.5, 0.6) is 0 Å². The van der Waals surface area contributed by atoms with Gasteiger partial charge in [0.15, 0.2) is 0 Å². The molecule has 0 saturated heterocycles. The first-order valence-electron chi connectivity index (χ1n) is 4.76. The Balaban J connectivity index is 2.33. The summed E-state index contributed by atoms with van der Waals surface area (Å²) in [6.45, 7) is 0. The SMILES string of the molecule is C#CCC1(C=O)Cc2ccccc2C1. The van der Waals surface area contributed by atoms with Crippen LogP contribution in [-0.4, -0.2) is 6.29 Å². The van der Waals surface area contributed by atoms with Gasteiger partial charge in [-0.1, -0.05) is 24.3 Å². The van der Waals surface area contributed by atoms with Crippen LogP contribution < -0.4 is 0 Å². The highest BCUT2D eigenvalue weighted by Crippen LogP contribution is 2.37. The van der Waals surface area contributed by atoms with Crippen molar-refractivity contribution in [2.75, 3.05) is 0 Å². The van der Waals surface area contributed by atoms with Gasteiger partial charge in [0.2, 0.25) is 0 Å². The predicted molar refractivity (Wildman–Crippen MR) is 55.8 cm³/mol. The van der Waals surface area contributed by atoms with Gasteiger partial charge < -0.3 is 4.79 Å². The lowest BCUT2D eigenvalue weighted by atomic mass is 9.83. The highest BCUT2D eigenvalue weighted by atomic mass is 16.1. The molecule has 0 unspecified atom stereocenters. The largest absolute Gasteiger partial charge is 0.303 e. The minimum atomic E-state index is -0.321. The van der Waals surface area contributed by atoms with Crippen LogP contribution in [0.2, 0.25) is 0 Å². The molecule has 0 saturated carbocycles. The maximum atomic E-state index is 11.1. The highest BCUT2D eigenvalue weighted by Gasteiger charge is 2.35. The van der Waals surface area contributed by atoms with Gasteiger partial charge in [-0.15, -0.1) is 12.3 Å². The molecule has 0 spiro atoms. The average Bonchev–Trinajstić information content (AvgIpc) is 2.57. The van der Waals surface area contributed by atoms with Crippen molar-refractivity contribution in [3.63, 3.8) is 0 Å². The molecule has 0 heterocycles. The first-order valence-corrected chi connectivity index (χ1v) is 4.76. The zero-order valence-corrected chi connectivity index (χ0v) is 7.99. The maximum Gasteiger partial charge on any atom is 0.127 e. The first-order chi connectivity index (χ1) is 6.79. The lowest BCUT2D eigenvalue weighted by Gasteiger charge is -2.17. The highest BCUT2D eigenvalue weighted by molar-refractivity contribution is 5.64. The molecule has 0 aliphatic heterocycles. The van der Waals surface area contributed by atoms with Crippen molar-refractivity contribution in [2.24, 2.45) is 5.41 Å². The minimum Gasteiger partial charge on any atom is -0.303 e. The van der Waals surface area contributed by atoms with E-state index in [1.807, 2.05) is 12.1 Å². The van der Waals surface area contributed by atoms with Crippen LogP contribution >= 0.6 is 0 Å². The molecule has 0 radical (unpaired) electrons.